The molecule has 2 rings (SSSR count). The van der Waals surface area contributed by atoms with Crippen molar-refractivity contribution in [3.05, 3.63) is 29.3 Å². The molecular formula is C16H25N3O. The van der Waals surface area contributed by atoms with Gasteiger partial charge in [-0.05, 0) is 57.5 Å². The Morgan fingerprint density at radius 2 is 2.05 bits per heavy atom. The summed E-state index contributed by atoms with van der Waals surface area (Å²) in [4.78, 5) is 14.6. The molecule has 1 fully saturated rings. The number of amides is 1. The van der Waals surface area contributed by atoms with Gasteiger partial charge in [0, 0.05) is 12.2 Å². The first-order valence-electron chi connectivity index (χ1n) is 7.54. The molecule has 1 aliphatic heterocycles. The molecule has 3 N–H and O–H groups in total. The summed E-state index contributed by atoms with van der Waals surface area (Å²) in [6.07, 6.45) is 4.98. The quantitative estimate of drug-likeness (QED) is 0.639. The maximum atomic E-state index is 12.1. The summed E-state index contributed by atoms with van der Waals surface area (Å²) in [7, 11) is 0. The number of nitrogens with zero attached hydrogens (tertiary/aromatic N) is 1. The number of hydrogen-bond acceptors (Lipinski definition) is 3. The van der Waals surface area contributed by atoms with Gasteiger partial charge in [0.1, 0.15) is 0 Å². The SMILES string of the molecule is Cc1cccc(N)c1C(=O)NCCCN1CCCCC1. The minimum atomic E-state index is -0.0563. The lowest BCUT2D eigenvalue weighted by molar-refractivity contribution is 0.0951. The first kappa shape index (κ1) is 14.9. The molecule has 20 heavy (non-hydrogen) atoms. The van der Waals surface area contributed by atoms with Crippen LogP contribution in [0.1, 0.15) is 41.6 Å². The fourth-order valence-corrected chi connectivity index (χ4v) is 2.78. The molecule has 0 spiro atoms. The molecule has 4 heteroatoms. The number of carbonyl (C=O) groups is 1. The van der Waals surface area contributed by atoms with Crippen LogP contribution in [-0.2, 0) is 0 Å². The fourth-order valence-electron chi connectivity index (χ4n) is 2.78. The minimum absolute atomic E-state index is 0.0563. The molecule has 0 atom stereocenters. The van der Waals surface area contributed by atoms with Gasteiger partial charge in [-0.15, -0.1) is 0 Å². The van der Waals surface area contributed by atoms with Crippen molar-refractivity contribution >= 4 is 11.6 Å². The number of nitrogens with two attached hydrogens (primary N) is 1. The van der Waals surface area contributed by atoms with Gasteiger partial charge in [-0.3, -0.25) is 4.79 Å². The van der Waals surface area contributed by atoms with Crippen LogP contribution in [0.15, 0.2) is 18.2 Å². The molecule has 1 heterocycles. The van der Waals surface area contributed by atoms with Crippen molar-refractivity contribution in [1.29, 1.82) is 0 Å². The van der Waals surface area contributed by atoms with E-state index in [1.165, 1.54) is 32.4 Å². The normalized spacial score (nSPS) is 16.1. The minimum Gasteiger partial charge on any atom is -0.398 e. The molecule has 1 aliphatic rings. The van der Waals surface area contributed by atoms with E-state index in [0.29, 0.717) is 17.8 Å². The molecule has 0 bridgehead atoms. The van der Waals surface area contributed by atoms with Crippen molar-refractivity contribution < 1.29 is 4.79 Å². The fraction of sp³-hybridized carbons (Fsp3) is 0.562. The molecule has 0 unspecified atom stereocenters. The van der Waals surface area contributed by atoms with Crippen LogP contribution in [0.2, 0.25) is 0 Å². The van der Waals surface area contributed by atoms with E-state index in [1.807, 2.05) is 19.1 Å². The summed E-state index contributed by atoms with van der Waals surface area (Å²) < 4.78 is 0. The lowest BCUT2D eigenvalue weighted by Gasteiger charge is -2.26. The molecule has 1 amide bonds. The molecule has 1 aromatic rings. The Morgan fingerprint density at radius 1 is 1.30 bits per heavy atom. The summed E-state index contributed by atoms with van der Waals surface area (Å²) >= 11 is 0. The third-order valence-corrected chi connectivity index (χ3v) is 3.92. The van der Waals surface area contributed by atoms with Gasteiger partial charge in [-0.25, -0.2) is 0 Å². The lowest BCUT2D eigenvalue weighted by atomic mass is 10.1. The highest BCUT2D eigenvalue weighted by atomic mass is 16.1. The van der Waals surface area contributed by atoms with Gasteiger partial charge in [0.25, 0.3) is 5.91 Å². The second kappa shape index (κ2) is 7.29. The van der Waals surface area contributed by atoms with Gasteiger partial charge in [0.15, 0.2) is 0 Å². The summed E-state index contributed by atoms with van der Waals surface area (Å²) in [6, 6.07) is 5.56. The van der Waals surface area contributed by atoms with Crippen LogP contribution in [-0.4, -0.2) is 37.0 Å². The maximum absolute atomic E-state index is 12.1. The first-order valence-corrected chi connectivity index (χ1v) is 7.54. The van der Waals surface area contributed by atoms with Crippen molar-refractivity contribution in [2.24, 2.45) is 0 Å². The second-order valence-corrected chi connectivity index (χ2v) is 5.55. The predicted molar refractivity (Wildman–Crippen MR) is 82.8 cm³/mol. The Labute approximate surface area is 121 Å². The summed E-state index contributed by atoms with van der Waals surface area (Å²) in [5, 5.41) is 2.97. The zero-order valence-corrected chi connectivity index (χ0v) is 12.3. The molecule has 4 nitrogen and oxygen atoms in total. The Bertz CT molecular complexity index is 433. The van der Waals surface area contributed by atoms with E-state index in [-0.39, 0.29) is 5.91 Å². The zero-order chi connectivity index (χ0) is 14.4. The van der Waals surface area contributed by atoms with E-state index in [9.17, 15) is 4.79 Å². The molecular weight excluding hydrogens is 250 g/mol. The number of likely N-dealkylation sites (tertiary alicyclic amines) is 1. The smallest absolute Gasteiger partial charge is 0.253 e. The predicted octanol–water partition coefficient (Wildman–Crippen LogP) is 2.18. The number of anilines is 1. The van der Waals surface area contributed by atoms with Crippen LogP contribution in [0, 0.1) is 6.92 Å². The van der Waals surface area contributed by atoms with Crippen molar-refractivity contribution in [2.45, 2.75) is 32.6 Å². The topological polar surface area (TPSA) is 58.4 Å². The Morgan fingerprint density at radius 3 is 2.75 bits per heavy atom. The standard InChI is InChI=1S/C16H25N3O/c1-13-7-5-8-14(17)15(13)16(20)18-9-6-12-19-10-3-2-4-11-19/h5,7-8H,2-4,6,9-12,17H2,1H3,(H,18,20). The van der Waals surface area contributed by atoms with E-state index in [2.05, 4.69) is 10.2 Å². The molecule has 0 aromatic heterocycles. The highest BCUT2D eigenvalue weighted by Gasteiger charge is 2.12. The Balaban J connectivity index is 1.75. The van der Waals surface area contributed by atoms with Crippen LogP contribution in [0.3, 0.4) is 0 Å². The lowest BCUT2D eigenvalue weighted by Crippen LogP contribution is -2.33. The average Bonchev–Trinajstić information content (AvgIpc) is 2.44. The van der Waals surface area contributed by atoms with Gasteiger partial charge >= 0.3 is 0 Å². The number of aryl methyl sites for hydroxylation is 1. The van der Waals surface area contributed by atoms with Crippen LogP contribution < -0.4 is 11.1 Å². The van der Waals surface area contributed by atoms with Crippen LogP contribution in [0.4, 0.5) is 5.69 Å². The number of piperidine rings is 1. The number of hydrogen-bond donors (Lipinski definition) is 2. The van der Waals surface area contributed by atoms with E-state index in [1.54, 1.807) is 6.07 Å². The zero-order valence-electron chi connectivity index (χ0n) is 12.3. The van der Waals surface area contributed by atoms with Crippen LogP contribution in [0.25, 0.3) is 0 Å². The number of nitrogens with one attached hydrogen (secondary N) is 1. The van der Waals surface area contributed by atoms with Crippen molar-refractivity contribution in [2.75, 3.05) is 31.9 Å². The highest BCUT2D eigenvalue weighted by Crippen LogP contribution is 2.15. The third-order valence-electron chi connectivity index (χ3n) is 3.92. The van der Waals surface area contributed by atoms with Gasteiger partial charge in [0.05, 0.1) is 5.56 Å². The monoisotopic (exact) mass is 275 g/mol. The molecule has 0 radical (unpaired) electrons. The van der Waals surface area contributed by atoms with Gasteiger partial charge in [0.2, 0.25) is 0 Å². The largest absolute Gasteiger partial charge is 0.398 e. The number of rotatable bonds is 5. The number of benzene rings is 1. The van der Waals surface area contributed by atoms with Crippen molar-refractivity contribution in [3.63, 3.8) is 0 Å². The van der Waals surface area contributed by atoms with Gasteiger partial charge in [-0.2, -0.15) is 0 Å². The highest BCUT2D eigenvalue weighted by molar-refractivity contribution is 6.00. The average molecular weight is 275 g/mol. The number of carbonyl (C=O) groups excluding carboxylic acids is 1. The molecule has 0 aliphatic carbocycles. The Kier molecular flexibility index (Phi) is 5.41. The van der Waals surface area contributed by atoms with Crippen molar-refractivity contribution in [1.82, 2.24) is 10.2 Å². The van der Waals surface area contributed by atoms with E-state index in [4.69, 9.17) is 5.73 Å². The molecule has 1 saturated heterocycles. The first-order chi connectivity index (χ1) is 9.68. The molecule has 1 aromatic carbocycles. The number of nitrogen functional groups attached to an aromatic ring is 1. The van der Waals surface area contributed by atoms with E-state index in [0.717, 1.165) is 18.5 Å². The summed E-state index contributed by atoms with van der Waals surface area (Å²) in [5.41, 5.74) is 7.97. The second-order valence-electron chi connectivity index (χ2n) is 5.55. The third kappa shape index (κ3) is 3.97. The van der Waals surface area contributed by atoms with E-state index < -0.39 is 0 Å². The van der Waals surface area contributed by atoms with Crippen LogP contribution in [0.5, 0.6) is 0 Å². The molecule has 110 valence electrons. The van der Waals surface area contributed by atoms with Gasteiger partial charge in [-0.1, -0.05) is 18.6 Å². The van der Waals surface area contributed by atoms with Gasteiger partial charge < -0.3 is 16.0 Å². The van der Waals surface area contributed by atoms with Crippen LogP contribution >= 0.6 is 0 Å². The molecule has 0 saturated carbocycles. The van der Waals surface area contributed by atoms with Crippen molar-refractivity contribution in [3.8, 4) is 0 Å². The Hall–Kier alpha value is -1.55. The maximum Gasteiger partial charge on any atom is 0.253 e. The summed E-state index contributed by atoms with van der Waals surface area (Å²) in [6.45, 7) is 6.11. The summed E-state index contributed by atoms with van der Waals surface area (Å²) in [5.74, 6) is -0.0563. The van der Waals surface area contributed by atoms with E-state index >= 15 is 0 Å².